The van der Waals surface area contributed by atoms with Gasteiger partial charge in [-0.1, -0.05) is 13.8 Å². The summed E-state index contributed by atoms with van der Waals surface area (Å²) < 4.78 is 5.20. The van der Waals surface area contributed by atoms with E-state index >= 15 is 0 Å². The molecule has 0 aromatic carbocycles. The lowest BCUT2D eigenvalue weighted by Crippen LogP contribution is -2.11. The fraction of sp³-hybridized carbons (Fsp3) is 1.00. The Morgan fingerprint density at radius 1 is 1.27 bits per heavy atom. The van der Waals surface area contributed by atoms with Crippen LogP contribution < -0.4 is 0 Å². The molecule has 1 atom stereocenters. The van der Waals surface area contributed by atoms with Crippen molar-refractivity contribution in [1.29, 1.82) is 0 Å². The Morgan fingerprint density at radius 2 is 1.91 bits per heavy atom. The monoisotopic (exact) mass is 160 g/mol. The van der Waals surface area contributed by atoms with Crippen LogP contribution in [0.15, 0.2) is 0 Å². The Morgan fingerprint density at radius 3 is 2.36 bits per heavy atom. The summed E-state index contributed by atoms with van der Waals surface area (Å²) in [5, 5.41) is 8.84. The molecule has 0 aliphatic rings. The van der Waals surface area contributed by atoms with Gasteiger partial charge in [-0.2, -0.15) is 0 Å². The van der Waals surface area contributed by atoms with Crippen molar-refractivity contribution in [2.45, 2.75) is 39.7 Å². The number of rotatable bonds is 6. The zero-order valence-electron chi connectivity index (χ0n) is 7.84. The summed E-state index contributed by atoms with van der Waals surface area (Å²) >= 11 is 0. The van der Waals surface area contributed by atoms with E-state index in [0.717, 1.165) is 18.9 Å². The molecule has 1 unspecified atom stereocenters. The molecule has 2 nitrogen and oxygen atoms in total. The number of ether oxygens (including phenoxy) is 1. The van der Waals surface area contributed by atoms with E-state index < -0.39 is 0 Å². The number of hydrogen-bond acceptors (Lipinski definition) is 2. The second kappa shape index (κ2) is 6.62. The molecule has 0 saturated carbocycles. The maximum absolute atomic E-state index is 8.84. The van der Waals surface area contributed by atoms with Gasteiger partial charge >= 0.3 is 0 Å². The number of aliphatic hydroxyl groups is 1. The molecule has 0 aromatic heterocycles. The van der Waals surface area contributed by atoms with Crippen molar-refractivity contribution < 1.29 is 9.84 Å². The molecule has 0 fully saturated rings. The molecule has 0 saturated heterocycles. The molecule has 2 heteroatoms. The second-order valence-corrected chi connectivity index (χ2v) is 3.46. The third-order valence-corrected chi connectivity index (χ3v) is 1.43. The Bertz CT molecular complexity index is 69.6. The van der Waals surface area contributed by atoms with Crippen molar-refractivity contribution in [3.63, 3.8) is 0 Å². The molecule has 0 amide bonds. The molecule has 11 heavy (non-hydrogen) atoms. The highest BCUT2D eigenvalue weighted by Gasteiger charge is 1.96. The highest BCUT2D eigenvalue weighted by molar-refractivity contribution is 4.46. The third kappa shape index (κ3) is 9.92. The average molecular weight is 160 g/mol. The molecular weight excluding hydrogens is 140 g/mol. The molecule has 0 aromatic rings. The predicted octanol–water partition coefficient (Wildman–Crippen LogP) is 1.82. The van der Waals surface area contributed by atoms with E-state index in [2.05, 4.69) is 13.8 Å². The summed E-state index contributed by atoms with van der Waals surface area (Å²) in [6.07, 6.45) is 1.98. The summed E-state index contributed by atoms with van der Waals surface area (Å²) in [5.41, 5.74) is 0. The second-order valence-electron chi connectivity index (χ2n) is 3.46. The van der Waals surface area contributed by atoms with Crippen LogP contribution in [0, 0.1) is 5.92 Å². The number of aliphatic hydroxyl groups excluding tert-OH is 1. The fourth-order valence-electron chi connectivity index (χ4n) is 0.848. The van der Waals surface area contributed by atoms with Gasteiger partial charge in [0.25, 0.3) is 0 Å². The lowest BCUT2D eigenvalue weighted by Gasteiger charge is -2.07. The number of hydrogen-bond donors (Lipinski definition) is 1. The van der Waals surface area contributed by atoms with Crippen molar-refractivity contribution in [3.05, 3.63) is 0 Å². The quantitative estimate of drug-likeness (QED) is 0.600. The third-order valence-electron chi connectivity index (χ3n) is 1.43. The van der Waals surface area contributed by atoms with Crippen LogP contribution in [-0.2, 0) is 4.74 Å². The van der Waals surface area contributed by atoms with Crippen molar-refractivity contribution >= 4 is 0 Å². The van der Waals surface area contributed by atoms with Crippen molar-refractivity contribution in [2.75, 3.05) is 13.2 Å². The Labute approximate surface area is 69.6 Å². The minimum absolute atomic E-state index is 0.325. The van der Waals surface area contributed by atoms with Crippen LogP contribution in [0.3, 0.4) is 0 Å². The minimum Gasteiger partial charge on any atom is -0.391 e. The molecule has 0 bridgehead atoms. The molecule has 0 spiro atoms. The van der Waals surface area contributed by atoms with Crippen LogP contribution in [0.25, 0.3) is 0 Å². The average Bonchev–Trinajstić information content (AvgIpc) is 1.85. The van der Waals surface area contributed by atoms with Gasteiger partial charge in [-0.3, -0.25) is 0 Å². The van der Waals surface area contributed by atoms with E-state index in [4.69, 9.17) is 9.84 Å². The van der Waals surface area contributed by atoms with E-state index in [1.54, 1.807) is 6.92 Å². The summed E-state index contributed by atoms with van der Waals surface area (Å²) in [6, 6.07) is 0. The first-order valence-corrected chi connectivity index (χ1v) is 4.38. The van der Waals surface area contributed by atoms with Gasteiger partial charge in [-0.25, -0.2) is 0 Å². The Kier molecular flexibility index (Phi) is 6.57. The molecule has 0 rings (SSSR count). The Balaban J connectivity index is 2.91. The van der Waals surface area contributed by atoms with Crippen LogP contribution >= 0.6 is 0 Å². The van der Waals surface area contributed by atoms with Crippen LogP contribution in [0.2, 0.25) is 0 Å². The van der Waals surface area contributed by atoms with E-state index in [9.17, 15) is 0 Å². The SMILES string of the molecule is CC(C)CCCOCC(C)O. The zero-order valence-corrected chi connectivity index (χ0v) is 7.84. The van der Waals surface area contributed by atoms with Crippen LogP contribution in [0.4, 0.5) is 0 Å². The van der Waals surface area contributed by atoms with Gasteiger partial charge in [0, 0.05) is 6.61 Å². The van der Waals surface area contributed by atoms with Gasteiger partial charge in [-0.15, -0.1) is 0 Å². The van der Waals surface area contributed by atoms with E-state index in [1.165, 1.54) is 6.42 Å². The fourth-order valence-corrected chi connectivity index (χ4v) is 0.848. The van der Waals surface area contributed by atoms with Crippen LogP contribution in [0.1, 0.15) is 33.6 Å². The topological polar surface area (TPSA) is 29.5 Å². The largest absolute Gasteiger partial charge is 0.391 e. The minimum atomic E-state index is -0.325. The van der Waals surface area contributed by atoms with Crippen LogP contribution in [-0.4, -0.2) is 24.4 Å². The predicted molar refractivity (Wildman–Crippen MR) is 46.6 cm³/mol. The van der Waals surface area contributed by atoms with Gasteiger partial charge in [0.1, 0.15) is 0 Å². The van der Waals surface area contributed by atoms with Crippen molar-refractivity contribution in [2.24, 2.45) is 5.92 Å². The molecular formula is C9H20O2. The highest BCUT2D eigenvalue weighted by Crippen LogP contribution is 2.02. The molecule has 0 radical (unpaired) electrons. The van der Waals surface area contributed by atoms with Crippen LogP contribution in [0.5, 0.6) is 0 Å². The first kappa shape index (κ1) is 10.9. The zero-order chi connectivity index (χ0) is 8.69. The molecule has 68 valence electrons. The Hall–Kier alpha value is -0.0800. The maximum atomic E-state index is 8.84. The molecule has 0 aliphatic carbocycles. The van der Waals surface area contributed by atoms with Gasteiger partial charge < -0.3 is 9.84 Å². The van der Waals surface area contributed by atoms with E-state index in [1.807, 2.05) is 0 Å². The molecule has 1 N–H and O–H groups in total. The van der Waals surface area contributed by atoms with Crippen molar-refractivity contribution in [1.82, 2.24) is 0 Å². The lowest BCUT2D eigenvalue weighted by molar-refractivity contribution is 0.0438. The summed E-state index contributed by atoms with van der Waals surface area (Å²) in [6.45, 7) is 7.40. The van der Waals surface area contributed by atoms with Crippen molar-refractivity contribution in [3.8, 4) is 0 Å². The first-order chi connectivity index (χ1) is 5.13. The smallest absolute Gasteiger partial charge is 0.0745 e. The normalized spacial score (nSPS) is 13.9. The summed E-state index contributed by atoms with van der Waals surface area (Å²) in [5.74, 6) is 0.755. The lowest BCUT2D eigenvalue weighted by atomic mass is 10.1. The standard InChI is InChI=1S/C9H20O2/c1-8(2)5-4-6-11-7-9(3)10/h8-10H,4-7H2,1-3H3. The van der Waals surface area contributed by atoms with Gasteiger partial charge in [0.15, 0.2) is 0 Å². The summed E-state index contributed by atoms with van der Waals surface area (Å²) in [7, 11) is 0. The highest BCUT2D eigenvalue weighted by atomic mass is 16.5. The first-order valence-electron chi connectivity index (χ1n) is 4.38. The van der Waals surface area contributed by atoms with Gasteiger partial charge in [0.05, 0.1) is 12.7 Å². The van der Waals surface area contributed by atoms with Gasteiger partial charge in [0.2, 0.25) is 0 Å². The van der Waals surface area contributed by atoms with Gasteiger partial charge in [-0.05, 0) is 25.7 Å². The molecule has 0 aliphatic heterocycles. The summed E-state index contributed by atoms with van der Waals surface area (Å²) in [4.78, 5) is 0. The van der Waals surface area contributed by atoms with E-state index in [-0.39, 0.29) is 6.10 Å². The maximum Gasteiger partial charge on any atom is 0.0745 e. The molecule has 0 heterocycles. The van der Waals surface area contributed by atoms with E-state index in [0.29, 0.717) is 6.61 Å².